The lowest BCUT2D eigenvalue weighted by Crippen LogP contribution is -2.65. The number of carbonyl (C=O) groups is 1. The van der Waals surface area contributed by atoms with Crippen LogP contribution in [0.25, 0.3) is 0 Å². The summed E-state index contributed by atoms with van der Waals surface area (Å²) in [6.07, 6.45) is 3.91. The lowest BCUT2D eigenvalue weighted by atomic mass is 9.93. The van der Waals surface area contributed by atoms with E-state index in [2.05, 4.69) is 79.9 Å². The van der Waals surface area contributed by atoms with Crippen molar-refractivity contribution in [2.75, 3.05) is 7.11 Å². The van der Waals surface area contributed by atoms with Crippen molar-refractivity contribution < 1.29 is 27.9 Å². The molecule has 2 bridgehead atoms. The highest BCUT2D eigenvalue weighted by atomic mass is 28.4. The maximum atomic E-state index is 13.4. The van der Waals surface area contributed by atoms with Crippen LogP contribution in [0, 0.1) is 17.8 Å². The fraction of sp³-hybridized carbons (Fsp3) is 0.889. The number of carbonyl (C=O) groups excluding carboxylic acids is 1. The molecule has 1 saturated carbocycles. The molecule has 8 heteroatoms. The van der Waals surface area contributed by atoms with E-state index in [1.54, 1.807) is 7.11 Å². The van der Waals surface area contributed by atoms with E-state index in [1.165, 1.54) is 0 Å². The Labute approximate surface area is 215 Å². The van der Waals surface area contributed by atoms with Crippen molar-refractivity contribution in [1.82, 2.24) is 0 Å². The average molecular weight is 527 g/mol. The molecule has 2 fully saturated rings. The van der Waals surface area contributed by atoms with Gasteiger partial charge in [0.25, 0.3) is 0 Å². The number of allylic oxidation sites excluding steroid dienone is 2. The molecule has 0 aromatic rings. The molecule has 0 amide bonds. The summed E-state index contributed by atoms with van der Waals surface area (Å²) in [6, 6.07) is 0. The molecule has 6 nitrogen and oxygen atoms in total. The molecule has 202 valence electrons. The lowest BCUT2D eigenvalue weighted by Gasteiger charge is -2.51. The number of hydrogen-bond donors (Lipinski definition) is 0. The van der Waals surface area contributed by atoms with Crippen LogP contribution >= 0.6 is 0 Å². The fourth-order valence-corrected chi connectivity index (χ4v) is 7.47. The van der Waals surface area contributed by atoms with E-state index in [4.69, 9.17) is 23.1 Å². The summed E-state index contributed by atoms with van der Waals surface area (Å²) in [5.74, 6) is 0.584. The van der Waals surface area contributed by atoms with Crippen LogP contribution in [0.5, 0.6) is 0 Å². The monoisotopic (exact) mass is 526 g/mol. The Balaban J connectivity index is 1.95. The summed E-state index contributed by atoms with van der Waals surface area (Å²) in [6.45, 7) is 24.2. The number of rotatable bonds is 7. The first-order valence-electron chi connectivity index (χ1n) is 13.3. The van der Waals surface area contributed by atoms with E-state index >= 15 is 0 Å². The second-order valence-corrected chi connectivity index (χ2v) is 23.4. The van der Waals surface area contributed by atoms with Gasteiger partial charge >= 0.3 is 5.97 Å². The van der Waals surface area contributed by atoms with Crippen LogP contribution < -0.4 is 0 Å². The Morgan fingerprint density at radius 2 is 1.40 bits per heavy atom. The molecule has 0 N–H and O–H groups in total. The number of hydrogen-bond acceptors (Lipinski definition) is 6. The second kappa shape index (κ2) is 9.99. The molecule has 0 radical (unpaired) electrons. The van der Waals surface area contributed by atoms with Crippen LogP contribution in [0.2, 0.25) is 36.3 Å². The van der Waals surface area contributed by atoms with Gasteiger partial charge in [-0.2, -0.15) is 0 Å². The van der Waals surface area contributed by atoms with Crippen LogP contribution in [-0.2, 0) is 27.9 Å². The first-order chi connectivity index (χ1) is 15.9. The van der Waals surface area contributed by atoms with E-state index in [0.717, 1.165) is 12.8 Å². The van der Waals surface area contributed by atoms with Gasteiger partial charge in [0.1, 0.15) is 12.2 Å². The van der Waals surface area contributed by atoms with Gasteiger partial charge in [0, 0.05) is 7.11 Å². The topological polar surface area (TPSA) is 63.2 Å². The predicted molar refractivity (Wildman–Crippen MR) is 144 cm³/mol. The molecular formula is C27H50O6Si2. The summed E-state index contributed by atoms with van der Waals surface area (Å²) >= 11 is 0. The molecule has 35 heavy (non-hydrogen) atoms. The summed E-state index contributed by atoms with van der Waals surface area (Å²) in [4.78, 5) is 13.4. The Morgan fingerprint density at radius 1 is 0.857 bits per heavy atom. The number of ether oxygens (including phenoxy) is 3. The average Bonchev–Trinajstić information content (AvgIpc) is 3.34. The molecule has 8 atom stereocenters. The van der Waals surface area contributed by atoms with Crippen molar-refractivity contribution >= 4 is 22.6 Å². The van der Waals surface area contributed by atoms with Gasteiger partial charge in [0.05, 0.1) is 12.0 Å². The predicted octanol–water partition coefficient (Wildman–Crippen LogP) is 6.28. The smallest absolute Gasteiger partial charge is 0.310 e. The molecule has 3 aliphatic rings. The van der Waals surface area contributed by atoms with E-state index in [9.17, 15) is 4.79 Å². The third kappa shape index (κ3) is 5.98. The van der Waals surface area contributed by atoms with Crippen LogP contribution in [0.1, 0.15) is 61.3 Å². The van der Waals surface area contributed by atoms with Crippen molar-refractivity contribution in [3.63, 3.8) is 0 Å². The number of esters is 1. The van der Waals surface area contributed by atoms with Gasteiger partial charge in [-0.25, -0.2) is 0 Å². The molecule has 2 aliphatic carbocycles. The minimum atomic E-state index is -2.24. The van der Waals surface area contributed by atoms with E-state index in [0.29, 0.717) is 5.92 Å². The maximum absolute atomic E-state index is 13.4. The molecule has 1 aliphatic heterocycles. The molecule has 0 spiro atoms. The Kier molecular flexibility index (Phi) is 8.29. The van der Waals surface area contributed by atoms with Gasteiger partial charge < -0.3 is 23.1 Å². The number of fused-ring (bicyclic) bond motifs is 2. The molecule has 0 aromatic heterocycles. The van der Waals surface area contributed by atoms with Gasteiger partial charge in [-0.05, 0) is 67.9 Å². The summed E-state index contributed by atoms with van der Waals surface area (Å²) in [7, 11) is -2.81. The summed E-state index contributed by atoms with van der Waals surface area (Å²) in [5, 5.41) is -0.0138. The molecule has 0 unspecified atom stereocenters. The van der Waals surface area contributed by atoms with Crippen molar-refractivity contribution in [3.8, 4) is 0 Å². The van der Waals surface area contributed by atoms with Crippen molar-refractivity contribution in [2.45, 2.75) is 128 Å². The molecular weight excluding hydrogens is 476 g/mol. The minimum absolute atomic E-state index is 0.00251. The van der Waals surface area contributed by atoms with E-state index < -0.39 is 41.2 Å². The highest BCUT2D eigenvalue weighted by molar-refractivity contribution is 6.74. The van der Waals surface area contributed by atoms with Crippen molar-refractivity contribution in [1.29, 1.82) is 0 Å². The van der Waals surface area contributed by atoms with Crippen LogP contribution in [-0.4, -0.2) is 60.4 Å². The van der Waals surface area contributed by atoms with Gasteiger partial charge in [0.2, 0.25) is 0 Å². The Hall–Kier alpha value is -0.516. The molecule has 3 rings (SSSR count). The third-order valence-electron chi connectivity index (χ3n) is 9.27. The maximum Gasteiger partial charge on any atom is 0.310 e. The Morgan fingerprint density at radius 3 is 1.83 bits per heavy atom. The highest BCUT2D eigenvalue weighted by Gasteiger charge is 2.55. The fourth-order valence-electron chi connectivity index (χ4n) is 4.89. The van der Waals surface area contributed by atoms with E-state index in [-0.39, 0.29) is 34.0 Å². The largest absolute Gasteiger partial charge is 0.457 e. The second-order valence-electron chi connectivity index (χ2n) is 13.9. The quantitative estimate of drug-likeness (QED) is 0.221. The van der Waals surface area contributed by atoms with Crippen LogP contribution in [0.15, 0.2) is 12.2 Å². The molecule has 1 saturated heterocycles. The molecule has 1 heterocycles. The van der Waals surface area contributed by atoms with Gasteiger partial charge in [-0.1, -0.05) is 53.7 Å². The lowest BCUT2D eigenvalue weighted by molar-refractivity contribution is -0.283. The zero-order chi connectivity index (χ0) is 26.6. The van der Waals surface area contributed by atoms with Crippen LogP contribution in [0.3, 0.4) is 0 Å². The van der Waals surface area contributed by atoms with Crippen molar-refractivity contribution in [3.05, 3.63) is 12.2 Å². The summed E-state index contributed by atoms with van der Waals surface area (Å²) in [5.41, 5.74) is 0. The first-order valence-corrected chi connectivity index (χ1v) is 19.1. The third-order valence-corrected chi connectivity index (χ3v) is 18.2. The minimum Gasteiger partial charge on any atom is -0.457 e. The zero-order valence-electron chi connectivity index (χ0n) is 24.1. The van der Waals surface area contributed by atoms with Gasteiger partial charge in [-0.3, -0.25) is 4.79 Å². The number of methoxy groups -OCH3 is 1. The first kappa shape index (κ1) is 29.0. The Bertz CT molecular complexity index is 796. The molecule has 0 aromatic carbocycles. The standard InChI is InChI=1S/C27H50O6Si2/c1-17-21(31-24(28)20-16-18-13-14-19(20)15-18)22(32-34(9,10)26(2,3)4)23(25(29-8)30-17)33-35(11,12)27(5,6)7/h13-14,17-23,25H,15-16H2,1-12H3/t17-,18-,19+,20-,21-,22+,23-,25+/m1/s1. The van der Waals surface area contributed by atoms with Crippen molar-refractivity contribution in [2.24, 2.45) is 17.8 Å². The zero-order valence-corrected chi connectivity index (χ0v) is 26.1. The summed E-state index contributed by atoms with van der Waals surface area (Å²) < 4.78 is 32.4. The van der Waals surface area contributed by atoms with Gasteiger partial charge in [0.15, 0.2) is 29.0 Å². The van der Waals surface area contributed by atoms with Gasteiger partial charge in [-0.15, -0.1) is 0 Å². The van der Waals surface area contributed by atoms with E-state index in [1.807, 2.05) is 6.92 Å². The highest BCUT2D eigenvalue weighted by Crippen LogP contribution is 2.46. The SMILES string of the molecule is CO[C@H]1O[C@H](C)[C@@H](OC(=O)[C@@H]2C[C@@H]3C=C[C@H]2C3)[C@H](O[Si](C)(C)C(C)(C)C)[C@H]1O[Si](C)(C)C(C)(C)C. The normalized spacial score (nSPS) is 36.0. The van der Waals surface area contributed by atoms with Crippen LogP contribution in [0.4, 0.5) is 0 Å².